The molecule has 2 aliphatic heterocycles. The molecule has 0 radical (unpaired) electrons. The van der Waals surface area contributed by atoms with Gasteiger partial charge in [0, 0.05) is 95.9 Å². The normalized spacial score (nSPS) is 19.2. The van der Waals surface area contributed by atoms with E-state index in [4.69, 9.17) is 49.4 Å². The highest BCUT2D eigenvalue weighted by Gasteiger charge is 2.35. The number of nitrogens with two attached hydrogens (primary N) is 2. The summed E-state index contributed by atoms with van der Waals surface area (Å²) in [5.74, 6) is -3.84. The summed E-state index contributed by atoms with van der Waals surface area (Å²) in [5, 5.41) is 9.50. The number of thioether (sulfide) groups is 5. The summed E-state index contributed by atoms with van der Waals surface area (Å²) < 4.78 is 39.9. The predicted molar refractivity (Wildman–Crippen MR) is 316 cm³/mol. The van der Waals surface area contributed by atoms with Crippen LogP contribution in [-0.2, 0) is 105 Å². The Kier molecular flexibility index (Phi) is 40.5. The van der Waals surface area contributed by atoms with Crippen LogP contribution in [0.1, 0.15) is 105 Å². The summed E-state index contributed by atoms with van der Waals surface area (Å²) >= 11 is 9.50. The first-order valence-electron chi connectivity index (χ1n) is 27.6. The van der Waals surface area contributed by atoms with Crippen molar-refractivity contribution >= 4 is 130 Å². The van der Waals surface area contributed by atoms with Crippen molar-refractivity contribution in [1.82, 2.24) is 20.8 Å². The van der Waals surface area contributed by atoms with E-state index in [2.05, 4.69) is 26.6 Å². The van der Waals surface area contributed by atoms with Gasteiger partial charge in [0.2, 0.25) is 11.8 Å². The summed E-state index contributed by atoms with van der Waals surface area (Å²) in [6, 6.07) is 0. The lowest BCUT2D eigenvalue weighted by molar-refractivity contribution is -0.199. The number of hydroxylamine groups is 4. The number of nitrogens with zero attached hydrogens (tertiary/aromatic N) is 2. The number of carbonyl (C=O) groups excluding carboxylic acids is 12. The van der Waals surface area contributed by atoms with Crippen molar-refractivity contribution in [3.8, 4) is 0 Å². The lowest BCUT2D eigenvalue weighted by atomic mass is 9.99. The number of ether oxygens (including phenoxy) is 8. The monoisotopic (exact) mass is 1300 g/mol. The van der Waals surface area contributed by atoms with Crippen molar-refractivity contribution in [2.75, 3.05) is 102 Å². The van der Waals surface area contributed by atoms with Gasteiger partial charge < -0.3 is 69.7 Å². The van der Waals surface area contributed by atoms with Crippen LogP contribution in [-0.4, -0.2) is 229 Å². The topological polar surface area (TPSA) is 380 Å². The molecule has 0 bridgehead atoms. The molecule has 4 aliphatic rings. The number of imide groups is 2. The Labute approximate surface area is 516 Å². The summed E-state index contributed by atoms with van der Waals surface area (Å²) in [6.45, 7) is 6.12. The number of nitrogens with one attached hydrogen (secondary N) is 2. The molecular formula is C52H84N6O22S5. The highest BCUT2D eigenvalue weighted by molar-refractivity contribution is 8.04. The van der Waals surface area contributed by atoms with E-state index in [0.717, 1.165) is 51.9 Å². The van der Waals surface area contributed by atoms with Gasteiger partial charge in [-0.3, -0.25) is 28.8 Å². The fraction of sp³-hybridized carbons (Fsp3) is 0.769. The first-order chi connectivity index (χ1) is 40.6. The quantitative estimate of drug-likeness (QED) is 0.0222. The lowest BCUT2D eigenvalue weighted by Gasteiger charge is -2.35. The van der Waals surface area contributed by atoms with Crippen LogP contribution in [0.5, 0.6) is 0 Å². The average Bonchev–Trinajstić information content (AvgIpc) is 4.19. The molecule has 6 amide bonds. The molecule has 8 atom stereocenters. The van der Waals surface area contributed by atoms with E-state index in [1.54, 1.807) is 25.6 Å². The van der Waals surface area contributed by atoms with Crippen LogP contribution >= 0.6 is 58.8 Å². The Bertz CT molecular complexity index is 2040. The summed E-state index contributed by atoms with van der Waals surface area (Å²) in [5.41, 5.74) is 10.9. The van der Waals surface area contributed by atoms with Gasteiger partial charge in [-0.15, -0.1) is 10.1 Å². The highest BCUT2D eigenvalue weighted by atomic mass is 32.2. The van der Waals surface area contributed by atoms with Crippen molar-refractivity contribution in [3.63, 3.8) is 0 Å². The van der Waals surface area contributed by atoms with Crippen molar-refractivity contribution < 1.29 is 105 Å². The van der Waals surface area contributed by atoms with Crippen LogP contribution in [0, 0.1) is 0 Å². The van der Waals surface area contributed by atoms with Crippen LogP contribution in [0.2, 0.25) is 0 Å². The van der Waals surface area contributed by atoms with E-state index in [1.807, 2.05) is 53.3 Å². The fourth-order valence-electron chi connectivity index (χ4n) is 7.40. The molecule has 6 N–H and O–H groups in total. The highest BCUT2D eigenvalue weighted by Crippen LogP contribution is 2.40. The van der Waals surface area contributed by atoms with Gasteiger partial charge >= 0.3 is 35.8 Å². The van der Waals surface area contributed by atoms with Crippen LogP contribution in [0.15, 0.2) is 0 Å². The van der Waals surface area contributed by atoms with Gasteiger partial charge in [0.25, 0.3) is 23.6 Å². The molecule has 85 heavy (non-hydrogen) atoms. The summed E-state index contributed by atoms with van der Waals surface area (Å²) in [7, 11) is 0. The molecule has 2 aliphatic carbocycles. The number of amides is 6. The van der Waals surface area contributed by atoms with Gasteiger partial charge in [-0.05, 0) is 65.9 Å². The van der Waals surface area contributed by atoms with Crippen LogP contribution < -0.4 is 22.1 Å². The lowest BCUT2D eigenvalue weighted by Crippen LogP contribution is -2.34. The molecule has 4 fully saturated rings. The third kappa shape index (κ3) is 34.6. The van der Waals surface area contributed by atoms with Gasteiger partial charge in [-0.25, -0.2) is 28.8 Å². The largest absolute Gasteiger partial charge is 0.460 e. The number of rotatable bonds is 40. The number of hydrogen-bond donors (Lipinski definition) is 4. The molecule has 0 spiro atoms. The molecule has 33 heteroatoms. The Morgan fingerprint density at radius 1 is 0.459 bits per heavy atom. The fourth-order valence-corrected chi connectivity index (χ4v) is 12.9. The van der Waals surface area contributed by atoms with E-state index in [0.29, 0.717) is 28.5 Å². The molecule has 0 aromatic heterocycles. The zero-order valence-electron chi connectivity index (χ0n) is 49.1. The van der Waals surface area contributed by atoms with Gasteiger partial charge in [-0.1, -0.05) is 0 Å². The van der Waals surface area contributed by atoms with Crippen molar-refractivity contribution in [1.29, 1.82) is 0 Å². The number of carbonyl (C=O) groups is 12. The summed E-state index contributed by atoms with van der Waals surface area (Å²) in [4.78, 5) is 149. The van der Waals surface area contributed by atoms with Gasteiger partial charge in [-0.2, -0.15) is 58.8 Å². The van der Waals surface area contributed by atoms with Gasteiger partial charge in [0.1, 0.15) is 64.4 Å². The Balaban J connectivity index is 0.000000485. The van der Waals surface area contributed by atoms with Gasteiger partial charge in [0.15, 0.2) is 0 Å². The Hall–Kier alpha value is -4.45. The summed E-state index contributed by atoms with van der Waals surface area (Å²) in [6.07, 6.45) is 5.42. The maximum atomic E-state index is 12.0. The van der Waals surface area contributed by atoms with Crippen LogP contribution in [0.4, 0.5) is 0 Å². The smallest absolute Gasteiger partial charge is 0.336 e. The van der Waals surface area contributed by atoms with E-state index in [9.17, 15) is 57.5 Å². The minimum Gasteiger partial charge on any atom is -0.460 e. The standard InChI is InChI=1S/C23H40N2O8S3.C21H26N2O14.C8H18N2S2/c1-16(11-20(26)24-7-9-34-3)32-22(28)13-30-15-31-14-23(29)33-17(2)12-21(27)25-8-10-36-19-6-5-18(19)35-4;1-12(7-18(28)36-22-14(24)3-4-15(22)25)34-20(30)9-32-11-33-10-21(31)35-13(2)8-19(29)37-23-16(26)5-6-17(23)27;9-3-5-11-7-1-2-8(7)12-6-4-10/h16-19H,5-15H2,1-4H3,(H,24,26)(H,25,27);12-13H,3-11H2,1-2H3;7-8H,1-6,9-10H2. The molecule has 2 saturated heterocycles. The molecule has 484 valence electrons. The zero-order chi connectivity index (χ0) is 63.1. The average molecular weight is 1310 g/mol. The predicted octanol–water partition coefficient (Wildman–Crippen LogP) is 1.58. The second kappa shape index (κ2) is 44.9. The Morgan fingerprint density at radius 2 is 0.765 bits per heavy atom. The minimum absolute atomic E-state index is 0.0490. The van der Waals surface area contributed by atoms with Crippen molar-refractivity contribution in [2.24, 2.45) is 11.5 Å². The first kappa shape index (κ1) is 76.6. The van der Waals surface area contributed by atoms with E-state index < -0.39 is 117 Å². The third-order valence-electron chi connectivity index (χ3n) is 11.7. The maximum absolute atomic E-state index is 12.0. The molecule has 0 aromatic rings. The molecule has 2 heterocycles. The molecule has 8 unspecified atom stereocenters. The number of esters is 4. The second-order valence-corrected chi connectivity index (χ2v) is 25.3. The van der Waals surface area contributed by atoms with Crippen molar-refractivity contribution in [3.05, 3.63) is 0 Å². The van der Waals surface area contributed by atoms with E-state index in [-0.39, 0.29) is 70.3 Å². The van der Waals surface area contributed by atoms with Crippen molar-refractivity contribution in [2.45, 2.75) is 150 Å². The van der Waals surface area contributed by atoms with E-state index >= 15 is 0 Å². The molecule has 2 saturated carbocycles. The molecule has 28 nitrogen and oxygen atoms in total. The zero-order valence-corrected chi connectivity index (χ0v) is 53.2. The molecular weight excluding hydrogens is 1220 g/mol. The Morgan fingerprint density at radius 3 is 1.07 bits per heavy atom. The second-order valence-electron chi connectivity index (χ2n) is 19.2. The third-order valence-corrected chi connectivity index (χ3v) is 18.2. The molecule has 4 rings (SSSR count). The first-order valence-corrected chi connectivity index (χ1v) is 33.4. The molecule has 0 aromatic carbocycles. The maximum Gasteiger partial charge on any atom is 0.336 e. The van der Waals surface area contributed by atoms with E-state index in [1.165, 1.54) is 39.5 Å². The van der Waals surface area contributed by atoms with Crippen LogP contribution in [0.3, 0.4) is 0 Å². The number of hydrogen-bond acceptors (Lipinski definition) is 29. The SMILES string of the molecule is CC(CC(=O)ON1C(=O)CCC1=O)OC(=O)COCOCC(=O)OC(C)CC(=O)ON1C(=O)CCC1=O.CSCCNC(=O)CC(C)OC(=O)COCOCC(=O)OC(C)CC(=O)NCCSC1CCC1SC.NCCSC1CCC1SCCN. The minimum atomic E-state index is -0.942. The van der Waals surface area contributed by atoms with Gasteiger partial charge in [0.05, 0.1) is 25.7 Å². The van der Waals surface area contributed by atoms with Crippen LogP contribution in [0.25, 0.3) is 0 Å².